The van der Waals surface area contributed by atoms with Crippen LogP contribution in [-0.2, 0) is 0 Å². The van der Waals surface area contributed by atoms with E-state index in [-0.39, 0.29) is 5.78 Å². The van der Waals surface area contributed by atoms with Crippen molar-refractivity contribution in [2.24, 2.45) is 0 Å². The first-order chi connectivity index (χ1) is 13.3. The number of hydrogen-bond acceptors (Lipinski definition) is 3. The van der Waals surface area contributed by atoms with Gasteiger partial charge in [0.15, 0.2) is 5.78 Å². The van der Waals surface area contributed by atoms with Crippen LogP contribution in [0.4, 0.5) is 0 Å². The van der Waals surface area contributed by atoms with Crippen molar-refractivity contribution in [3.8, 4) is 0 Å². The molecule has 0 aliphatic carbocycles. The normalized spacial score (nSPS) is 11.1. The molecule has 0 atom stereocenters. The van der Waals surface area contributed by atoms with Crippen molar-refractivity contribution in [1.29, 1.82) is 0 Å². The topological polar surface area (TPSA) is 30.0 Å². The number of aromatic nitrogens is 1. The standard InChI is InChI=1S/C24H17NOS/c26-23(18-9-3-1-4-10-18)16-15-20-17-19-11-7-8-14-22(19)25-24(20)27-21-12-5-2-6-13-21/h1-17H/b16-15+. The van der Waals surface area contributed by atoms with Gasteiger partial charge in [0.05, 0.1) is 5.52 Å². The van der Waals surface area contributed by atoms with Crippen molar-refractivity contribution in [2.45, 2.75) is 9.92 Å². The third-order valence-electron chi connectivity index (χ3n) is 4.15. The fourth-order valence-electron chi connectivity index (χ4n) is 2.78. The van der Waals surface area contributed by atoms with E-state index in [1.54, 1.807) is 17.8 Å². The number of rotatable bonds is 5. The monoisotopic (exact) mass is 367 g/mol. The van der Waals surface area contributed by atoms with Crippen LogP contribution in [0, 0.1) is 0 Å². The minimum Gasteiger partial charge on any atom is -0.289 e. The largest absolute Gasteiger partial charge is 0.289 e. The van der Waals surface area contributed by atoms with Crippen LogP contribution in [0.25, 0.3) is 17.0 Å². The molecule has 0 unspecified atom stereocenters. The molecule has 0 N–H and O–H groups in total. The SMILES string of the molecule is O=C(/C=C/c1cc2ccccc2nc1Sc1ccccc1)c1ccccc1. The molecular weight excluding hydrogens is 350 g/mol. The van der Waals surface area contributed by atoms with Gasteiger partial charge < -0.3 is 0 Å². The molecule has 0 spiro atoms. The highest BCUT2D eigenvalue weighted by Crippen LogP contribution is 2.31. The van der Waals surface area contributed by atoms with E-state index >= 15 is 0 Å². The molecule has 3 heteroatoms. The Bertz CT molecular complexity index is 1100. The zero-order valence-corrected chi connectivity index (χ0v) is 15.4. The lowest BCUT2D eigenvalue weighted by atomic mass is 10.1. The summed E-state index contributed by atoms with van der Waals surface area (Å²) >= 11 is 1.60. The van der Waals surface area contributed by atoms with Gasteiger partial charge in [-0.15, -0.1) is 0 Å². The van der Waals surface area contributed by atoms with Crippen molar-refractivity contribution in [2.75, 3.05) is 0 Å². The first-order valence-electron chi connectivity index (χ1n) is 8.70. The molecule has 0 radical (unpaired) electrons. The van der Waals surface area contributed by atoms with Crippen molar-refractivity contribution >= 4 is 34.5 Å². The van der Waals surface area contributed by atoms with E-state index in [9.17, 15) is 4.79 Å². The third kappa shape index (κ3) is 4.15. The van der Waals surface area contributed by atoms with Crippen molar-refractivity contribution in [3.05, 3.63) is 108 Å². The molecule has 1 aromatic heterocycles. The second-order valence-electron chi connectivity index (χ2n) is 6.05. The maximum absolute atomic E-state index is 12.4. The maximum Gasteiger partial charge on any atom is 0.185 e. The van der Waals surface area contributed by atoms with Crippen molar-refractivity contribution in [1.82, 2.24) is 4.98 Å². The zero-order valence-electron chi connectivity index (χ0n) is 14.6. The second kappa shape index (κ2) is 8.02. The first kappa shape index (κ1) is 17.3. The van der Waals surface area contributed by atoms with Crippen LogP contribution < -0.4 is 0 Å². The summed E-state index contributed by atoms with van der Waals surface area (Å²) in [6, 6.07) is 29.5. The number of fused-ring (bicyclic) bond motifs is 1. The van der Waals surface area contributed by atoms with Crippen LogP contribution in [0.1, 0.15) is 15.9 Å². The molecule has 1 heterocycles. The minimum atomic E-state index is -0.0144. The summed E-state index contributed by atoms with van der Waals surface area (Å²) in [6.45, 7) is 0. The lowest BCUT2D eigenvalue weighted by Crippen LogP contribution is -1.94. The Morgan fingerprint density at radius 2 is 1.48 bits per heavy atom. The molecule has 3 aromatic carbocycles. The number of para-hydroxylation sites is 1. The predicted octanol–water partition coefficient (Wildman–Crippen LogP) is 6.28. The highest BCUT2D eigenvalue weighted by atomic mass is 32.2. The van der Waals surface area contributed by atoms with Crippen LogP contribution >= 0.6 is 11.8 Å². The molecule has 0 saturated carbocycles. The molecule has 0 bridgehead atoms. The summed E-state index contributed by atoms with van der Waals surface area (Å²) in [7, 11) is 0. The minimum absolute atomic E-state index is 0.0144. The summed E-state index contributed by atoms with van der Waals surface area (Å²) in [4.78, 5) is 18.4. The molecule has 0 aliphatic rings. The van der Waals surface area contributed by atoms with Gasteiger partial charge in [-0.2, -0.15) is 0 Å². The number of nitrogens with zero attached hydrogens (tertiary/aromatic N) is 1. The molecule has 0 aliphatic heterocycles. The number of benzene rings is 3. The smallest absolute Gasteiger partial charge is 0.185 e. The molecule has 130 valence electrons. The van der Waals surface area contributed by atoms with Gasteiger partial charge in [0.25, 0.3) is 0 Å². The lowest BCUT2D eigenvalue weighted by Gasteiger charge is -2.08. The van der Waals surface area contributed by atoms with Gasteiger partial charge >= 0.3 is 0 Å². The molecular formula is C24H17NOS. The summed E-state index contributed by atoms with van der Waals surface area (Å²) in [6.07, 6.45) is 3.48. The number of ketones is 1. The molecule has 27 heavy (non-hydrogen) atoms. The zero-order chi connectivity index (χ0) is 18.5. The van der Waals surface area contributed by atoms with E-state index in [1.165, 1.54) is 0 Å². The quantitative estimate of drug-likeness (QED) is 0.307. The molecule has 4 rings (SSSR count). The van der Waals surface area contributed by atoms with E-state index in [4.69, 9.17) is 4.98 Å². The molecule has 4 aromatic rings. The van der Waals surface area contributed by atoms with E-state index in [1.807, 2.05) is 78.9 Å². The summed E-state index contributed by atoms with van der Waals surface area (Å²) in [5.74, 6) is -0.0144. The molecule has 2 nitrogen and oxygen atoms in total. The Kier molecular flexibility index (Phi) is 5.13. The van der Waals surface area contributed by atoms with Crippen LogP contribution in [0.5, 0.6) is 0 Å². The number of carbonyl (C=O) groups is 1. The lowest BCUT2D eigenvalue weighted by molar-refractivity contribution is 0.104. The highest BCUT2D eigenvalue weighted by Gasteiger charge is 2.08. The number of pyridine rings is 1. The summed E-state index contributed by atoms with van der Waals surface area (Å²) in [5, 5.41) is 1.94. The van der Waals surface area contributed by atoms with Gasteiger partial charge in [0, 0.05) is 21.4 Å². The van der Waals surface area contributed by atoms with Gasteiger partial charge in [-0.25, -0.2) is 4.98 Å². The van der Waals surface area contributed by atoms with Crippen LogP contribution in [0.3, 0.4) is 0 Å². The average Bonchev–Trinajstić information content (AvgIpc) is 2.73. The fourth-order valence-corrected chi connectivity index (χ4v) is 3.69. The van der Waals surface area contributed by atoms with Crippen LogP contribution in [-0.4, -0.2) is 10.8 Å². The van der Waals surface area contributed by atoms with E-state index < -0.39 is 0 Å². The van der Waals surface area contributed by atoms with Gasteiger partial charge in [-0.3, -0.25) is 4.79 Å². The van der Waals surface area contributed by atoms with E-state index in [2.05, 4.69) is 18.2 Å². The first-order valence-corrected chi connectivity index (χ1v) is 9.51. The third-order valence-corrected chi connectivity index (χ3v) is 5.18. The van der Waals surface area contributed by atoms with Gasteiger partial charge in [-0.05, 0) is 36.4 Å². The molecule has 0 amide bonds. The van der Waals surface area contributed by atoms with Crippen molar-refractivity contribution in [3.63, 3.8) is 0 Å². The fraction of sp³-hybridized carbons (Fsp3) is 0. The Morgan fingerprint density at radius 1 is 0.815 bits per heavy atom. The molecule has 0 fully saturated rings. The molecule has 0 saturated heterocycles. The van der Waals surface area contributed by atoms with Crippen LogP contribution in [0.15, 0.2) is 107 Å². The number of allylic oxidation sites excluding steroid dienone is 1. The highest BCUT2D eigenvalue weighted by molar-refractivity contribution is 7.99. The van der Waals surface area contributed by atoms with Crippen LogP contribution in [0.2, 0.25) is 0 Å². The number of hydrogen-bond donors (Lipinski definition) is 0. The average molecular weight is 367 g/mol. The van der Waals surface area contributed by atoms with E-state index in [0.717, 1.165) is 26.4 Å². The van der Waals surface area contributed by atoms with Crippen molar-refractivity contribution < 1.29 is 4.79 Å². The van der Waals surface area contributed by atoms with Gasteiger partial charge in [-0.1, -0.05) is 78.5 Å². The maximum atomic E-state index is 12.4. The summed E-state index contributed by atoms with van der Waals surface area (Å²) < 4.78 is 0. The Labute approximate surface area is 162 Å². The van der Waals surface area contributed by atoms with Gasteiger partial charge in [0.1, 0.15) is 5.03 Å². The summed E-state index contributed by atoms with van der Waals surface area (Å²) in [5.41, 5.74) is 2.56. The van der Waals surface area contributed by atoms with E-state index in [0.29, 0.717) is 5.56 Å². The second-order valence-corrected chi connectivity index (χ2v) is 7.12. The predicted molar refractivity (Wildman–Crippen MR) is 112 cm³/mol. The van der Waals surface area contributed by atoms with Gasteiger partial charge in [0.2, 0.25) is 0 Å². The Hall–Kier alpha value is -3.17. The Morgan fingerprint density at radius 3 is 2.26 bits per heavy atom. The Balaban J connectivity index is 1.72. The number of carbonyl (C=O) groups excluding carboxylic acids is 1.